The first kappa shape index (κ1) is 13.8. The molecule has 0 saturated carbocycles. The molecule has 0 aliphatic heterocycles. The third kappa shape index (κ3) is 4.21. The lowest BCUT2D eigenvalue weighted by Gasteiger charge is -2.18. The Morgan fingerprint density at radius 3 is 2.74 bits per heavy atom. The van der Waals surface area contributed by atoms with Gasteiger partial charge in [0, 0.05) is 37.2 Å². The molecule has 0 fully saturated rings. The number of rotatable bonds is 6. The molecule has 0 unspecified atom stereocenters. The van der Waals surface area contributed by atoms with Crippen LogP contribution in [0.1, 0.15) is 32.8 Å². The molecule has 104 valence electrons. The van der Waals surface area contributed by atoms with Crippen LogP contribution in [-0.2, 0) is 18.6 Å². The number of hydrogen-bond acceptors (Lipinski definition) is 3. The predicted octanol–water partition coefficient (Wildman–Crippen LogP) is 2.01. The van der Waals surface area contributed by atoms with Crippen LogP contribution in [0.5, 0.6) is 0 Å². The second-order valence-electron chi connectivity index (χ2n) is 5.76. The molecule has 0 atom stereocenters. The van der Waals surface area contributed by atoms with Gasteiger partial charge in [-0.2, -0.15) is 10.2 Å². The number of nitrogens with one attached hydrogen (secondary N) is 1. The van der Waals surface area contributed by atoms with Crippen LogP contribution in [0.2, 0.25) is 0 Å². The molecule has 0 amide bonds. The lowest BCUT2D eigenvalue weighted by molar-refractivity contribution is 0.355. The smallest absolute Gasteiger partial charge is 0.0543 e. The Hall–Kier alpha value is -1.62. The Kier molecular flexibility index (Phi) is 4.37. The van der Waals surface area contributed by atoms with Crippen molar-refractivity contribution in [1.82, 2.24) is 24.9 Å². The van der Waals surface area contributed by atoms with Crippen molar-refractivity contribution in [1.29, 1.82) is 0 Å². The van der Waals surface area contributed by atoms with E-state index in [1.807, 2.05) is 34.0 Å². The van der Waals surface area contributed by atoms with Crippen molar-refractivity contribution in [3.05, 3.63) is 36.4 Å². The van der Waals surface area contributed by atoms with E-state index in [1.165, 1.54) is 5.56 Å². The molecule has 2 rings (SSSR count). The summed E-state index contributed by atoms with van der Waals surface area (Å²) in [6.07, 6.45) is 8.93. The zero-order valence-electron chi connectivity index (χ0n) is 12.0. The van der Waals surface area contributed by atoms with Crippen molar-refractivity contribution in [2.75, 3.05) is 6.54 Å². The number of aromatic nitrogens is 4. The van der Waals surface area contributed by atoms with Gasteiger partial charge < -0.3 is 5.32 Å². The van der Waals surface area contributed by atoms with Gasteiger partial charge >= 0.3 is 0 Å². The summed E-state index contributed by atoms with van der Waals surface area (Å²) in [5.41, 5.74) is 1.28. The Morgan fingerprint density at radius 1 is 1.26 bits per heavy atom. The van der Waals surface area contributed by atoms with E-state index in [2.05, 4.69) is 42.5 Å². The van der Waals surface area contributed by atoms with Gasteiger partial charge in [0.25, 0.3) is 0 Å². The molecule has 0 radical (unpaired) electrons. The van der Waals surface area contributed by atoms with Gasteiger partial charge in [0.1, 0.15) is 0 Å². The molecule has 0 aliphatic rings. The number of hydrogen-bond donors (Lipinski definition) is 1. The third-order valence-corrected chi connectivity index (χ3v) is 2.95. The Balaban J connectivity index is 1.67. The normalized spacial score (nSPS) is 11.9. The average molecular weight is 261 g/mol. The zero-order chi connectivity index (χ0) is 13.7. The van der Waals surface area contributed by atoms with Crippen molar-refractivity contribution >= 4 is 0 Å². The van der Waals surface area contributed by atoms with E-state index < -0.39 is 0 Å². The number of nitrogens with zero attached hydrogens (tertiary/aromatic N) is 4. The molecule has 5 heteroatoms. The van der Waals surface area contributed by atoms with Gasteiger partial charge in [0.15, 0.2) is 0 Å². The van der Waals surface area contributed by atoms with Crippen LogP contribution in [-0.4, -0.2) is 26.1 Å². The highest BCUT2D eigenvalue weighted by Crippen LogP contribution is 2.12. The van der Waals surface area contributed by atoms with Crippen LogP contribution in [0.15, 0.2) is 30.9 Å². The Bertz CT molecular complexity index is 478. The highest BCUT2D eigenvalue weighted by Gasteiger charge is 2.13. The SMILES string of the molecule is CC(C)(C)n1cc(CNCCCn2cccn2)cn1. The molecule has 0 bridgehead atoms. The van der Waals surface area contributed by atoms with Gasteiger partial charge in [-0.25, -0.2) is 0 Å². The second kappa shape index (κ2) is 6.02. The first-order chi connectivity index (χ1) is 9.05. The second-order valence-corrected chi connectivity index (χ2v) is 5.76. The standard InChI is InChI=1S/C14H23N5/c1-14(2,3)19-12-13(11-17-19)10-15-6-4-8-18-9-5-7-16-18/h5,7,9,11-12,15H,4,6,8,10H2,1-3H3. The third-order valence-electron chi connectivity index (χ3n) is 2.95. The largest absolute Gasteiger partial charge is 0.312 e. The van der Waals surface area contributed by atoms with Gasteiger partial charge in [-0.05, 0) is 39.8 Å². The van der Waals surface area contributed by atoms with E-state index >= 15 is 0 Å². The summed E-state index contributed by atoms with van der Waals surface area (Å²) in [5, 5.41) is 12.0. The molecule has 0 aliphatic carbocycles. The van der Waals surface area contributed by atoms with E-state index in [9.17, 15) is 0 Å². The predicted molar refractivity (Wildman–Crippen MR) is 75.8 cm³/mol. The van der Waals surface area contributed by atoms with Gasteiger partial charge in [-0.3, -0.25) is 9.36 Å². The summed E-state index contributed by atoms with van der Waals surface area (Å²) >= 11 is 0. The first-order valence-electron chi connectivity index (χ1n) is 6.78. The molecular formula is C14H23N5. The molecule has 5 nitrogen and oxygen atoms in total. The molecule has 2 aromatic rings. The topological polar surface area (TPSA) is 47.7 Å². The molecule has 0 aromatic carbocycles. The van der Waals surface area contributed by atoms with Crippen LogP contribution < -0.4 is 5.32 Å². The highest BCUT2D eigenvalue weighted by atomic mass is 15.3. The summed E-state index contributed by atoms with van der Waals surface area (Å²) < 4.78 is 3.97. The maximum Gasteiger partial charge on any atom is 0.0543 e. The van der Waals surface area contributed by atoms with Crippen molar-refractivity contribution in [2.24, 2.45) is 0 Å². The van der Waals surface area contributed by atoms with E-state index in [4.69, 9.17) is 0 Å². The molecule has 0 saturated heterocycles. The van der Waals surface area contributed by atoms with Crippen molar-refractivity contribution in [2.45, 2.75) is 45.8 Å². The number of aryl methyl sites for hydroxylation is 1. The van der Waals surface area contributed by atoms with Crippen LogP contribution in [0, 0.1) is 0 Å². The van der Waals surface area contributed by atoms with Crippen molar-refractivity contribution in [3.63, 3.8) is 0 Å². The molecular weight excluding hydrogens is 238 g/mol. The fourth-order valence-electron chi connectivity index (χ4n) is 1.85. The lowest BCUT2D eigenvalue weighted by Crippen LogP contribution is -2.22. The van der Waals surface area contributed by atoms with Crippen molar-refractivity contribution < 1.29 is 0 Å². The summed E-state index contributed by atoms with van der Waals surface area (Å²) in [4.78, 5) is 0. The zero-order valence-corrected chi connectivity index (χ0v) is 12.0. The van der Waals surface area contributed by atoms with E-state index in [0.717, 1.165) is 26.1 Å². The van der Waals surface area contributed by atoms with Crippen LogP contribution in [0.4, 0.5) is 0 Å². The molecule has 19 heavy (non-hydrogen) atoms. The summed E-state index contributed by atoms with van der Waals surface area (Å²) in [5.74, 6) is 0. The van der Waals surface area contributed by atoms with Crippen LogP contribution in [0.25, 0.3) is 0 Å². The lowest BCUT2D eigenvalue weighted by atomic mass is 10.1. The van der Waals surface area contributed by atoms with E-state index in [-0.39, 0.29) is 5.54 Å². The minimum atomic E-state index is 0.0539. The van der Waals surface area contributed by atoms with Gasteiger partial charge in [0.2, 0.25) is 0 Å². The molecule has 0 spiro atoms. The first-order valence-corrected chi connectivity index (χ1v) is 6.78. The van der Waals surface area contributed by atoms with Gasteiger partial charge in [-0.1, -0.05) is 0 Å². The van der Waals surface area contributed by atoms with E-state index in [1.54, 1.807) is 0 Å². The molecule has 1 N–H and O–H groups in total. The Morgan fingerprint density at radius 2 is 2.11 bits per heavy atom. The van der Waals surface area contributed by atoms with Gasteiger partial charge in [0.05, 0.1) is 11.7 Å². The molecule has 2 aromatic heterocycles. The maximum atomic E-state index is 4.39. The van der Waals surface area contributed by atoms with E-state index in [0.29, 0.717) is 0 Å². The average Bonchev–Trinajstić information content (AvgIpc) is 2.97. The van der Waals surface area contributed by atoms with Crippen molar-refractivity contribution in [3.8, 4) is 0 Å². The highest BCUT2D eigenvalue weighted by molar-refractivity contribution is 5.04. The van der Waals surface area contributed by atoms with Crippen LogP contribution in [0.3, 0.4) is 0 Å². The minimum Gasteiger partial charge on any atom is -0.312 e. The molecule has 2 heterocycles. The maximum absolute atomic E-state index is 4.39. The fourth-order valence-corrected chi connectivity index (χ4v) is 1.85. The fraction of sp³-hybridized carbons (Fsp3) is 0.571. The summed E-state index contributed by atoms with van der Waals surface area (Å²) in [6, 6.07) is 1.95. The summed E-state index contributed by atoms with van der Waals surface area (Å²) in [6.45, 7) is 9.28. The monoisotopic (exact) mass is 261 g/mol. The quantitative estimate of drug-likeness (QED) is 0.809. The summed E-state index contributed by atoms with van der Waals surface area (Å²) in [7, 11) is 0. The minimum absolute atomic E-state index is 0.0539. The van der Waals surface area contributed by atoms with Gasteiger partial charge in [-0.15, -0.1) is 0 Å². The Labute approximate surface area is 114 Å². The van der Waals surface area contributed by atoms with Crippen LogP contribution >= 0.6 is 0 Å².